The molecule has 0 radical (unpaired) electrons. The Bertz CT molecular complexity index is 776. The van der Waals surface area contributed by atoms with Gasteiger partial charge in [0.25, 0.3) is 0 Å². The van der Waals surface area contributed by atoms with Crippen LogP contribution < -0.4 is 0 Å². The van der Waals surface area contributed by atoms with E-state index in [0.717, 1.165) is 56.9 Å². The van der Waals surface area contributed by atoms with Gasteiger partial charge >= 0.3 is 0 Å². The van der Waals surface area contributed by atoms with Crippen LogP contribution in [0.25, 0.3) is 0 Å². The Morgan fingerprint density at radius 3 is 2.77 bits per heavy atom. The molecule has 3 heteroatoms. The third kappa shape index (κ3) is 5.29. The van der Waals surface area contributed by atoms with Crippen molar-refractivity contribution in [3.05, 3.63) is 35.5 Å². The summed E-state index contributed by atoms with van der Waals surface area (Å²) in [6.07, 6.45) is 10.5. The Balaban J connectivity index is 1.85. The number of allylic oxidation sites excluding steroid dienone is 3. The predicted octanol–water partition coefficient (Wildman–Crippen LogP) is 5.70. The summed E-state index contributed by atoms with van der Waals surface area (Å²) >= 11 is 0. The fourth-order valence-electron chi connectivity index (χ4n) is 6.27. The summed E-state index contributed by atoms with van der Waals surface area (Å²) < 4.78 is 25.9. The zero-order chi connectivity index (χ0) is 24.6. The molecule has 170 valence electrons. The molecule has 0 amide bonds. The lowest BCUT2D eigenvalue weighted by atomic mass is 9.60. The summed E-state index contributed by atoms with van der Waals surface area (Å²) in [5, 5.41) is 30.3. The molecule has 0 aromatic carbocycles. The van der Waals surface area contributed by atoms with Gasteiger partial charge in [-0.25, -0.2) is 0 Å². The van der Waals surface area contributed by atoms with Crippen LogP contribution >= 0.6 is 0 Å². The topological polar surface area (TPSA) is 60.7 Å². The lowest BCUT2D eigenvalue weighted by molar-refractivity contribution is 0.0596. The normalized spacial score (nSPS) is 40.7. The van der Waals surface area contributed by atoms with Gasteiger partial charge in [0.1, 0.15) is 0 Å². The lowest BCUT2D eigenvalue weighted by Crippen LogP contribution is -2.36. The lowest BCUT2D eigenvalue weighted by Gasteiger charge is -2.44. The second-order valence-corrected chi connectivity index (χ2v) is 10.9. The zero-order valence-corrected chi connectivity index (χ0v) is 19.2. The number of fused-ring (bicyclic) bond motifs is 1. The van der Waals surface area contributed by atoms with Crippen LogP contribution in [0.3, 0.4) is 0 Å². The number of aliphatic hydroxyl groups excluding tert-OH is 2. The highest BCUT2D eigenvalue weighted by Crippen LogP contribution is 2.60. The van der Waals surface area contributed by atoms with E-state index in [1.54, 1.807) is 0 Å². The molecule has 30 heavy (non-hydrogen) atoms. The summed E-state index contributed by atoms with van der Waals surface area (Å²) in [7, 11) is 0. The summed E-state index contributed by atoms with van der Waals surface area (Å²) in [5.74, 6) is 0.504. The van der Waals surface area contributed by atoms with E-state index in [1.807, 2.05) is 19.9 Å². The van der Waals surface area contributed by atoms with Gasteiger partial charge in [0.05, 0.1) is 17.8 Å². The molecule has 0 bridgehead atoms. The average Bonchev–Trinajstić information content (AvgIpc) is 3.10. The smallest absolute Gasteiger partial charge is 0.0811 e. The van der Waals surface area contributed by atoms with E-state index in [0.29, 0.717) is 24.3 Å². The Hall–Kier alpha value is -0.900. The summed E-state index contributed by atoms with van der Waals surface area (Å²) in [6.45, 7) is 7.86. The van der Waals surface area contributed by atoms with Gasteiger partial charge in [-0.3, -0.25) is 0 Å². The van der Waals surface area contributed by atoms with Crippen LogP contribution in [0.2, 0.25) is 0 Å². The molecule has 6 atom stereocenters. The van der Waals surface area contributed by atoms with E-state index < -0.39 is 30.1 Å². The van der Waals surface area contributed by atoms with Crippen molar-refractivity contribution in [3.8, 4) is 0 Å². The van der Waals surface area contributed by atoms with Crippen molar-refractivity contribution in [2.75, 3.05) is 0 Å². The maximum atomic E-state index is 10.2. The van der Waals surface area contributed by atoms with Crippen molar-refractivity contribution in [2.24, 2.45) is 23.2 Å². The maximum absolute atomic E-state index is 10.2. The second kappa shape index (κ2) is 9.30. The molecule has 3 fully saturated rings. The number of aliphatic hydroxyl groups is 3. The zero-order valence-electron chi connectivity index (χ0n) is 22.2. The van der Waals surface area contributed by atoms with Gasteiger partial charge in [-0.05, 0) is 93.1 Å². The van der Waals surface area contributed by atoms with Gasteiger partial charge in [-0.1, -0.05) is 50.9 Å². The molecule has 0 unspecified atom stereocenters. The molecule has 0 heterocycles. The maximum Gasteiger partial charge on any atom is 0.0811 e. The number of rotatable bonds is 6. The van der Waals surface area contributed by atoms with E-state index in [1.165, 1.54) is 5.57 Å². The van der Waals surface area contributed by atoms with E-state index in [2.05, 4.69) is 19.6 Å². The molecule has 0 aromatic rings. The van der Waals surface area contributed by atoms with Crippen LogP contribution in [0.1, 0.15) is 95.9 Å². The minimum absolute atomic E-state index is 0.0454. The van der Waals surface area contributed by atoms with Crippen LogP contribution in [0, 0.1) is 23.2 Å². The van der Waals surface area contributed by atoms with Crippen molar-refractivity contribution < 1.29 is 19.4 Å². The van der Waals surface area contributed by atoms with Gasteiger partial charge < -0.3 is 15.3 Å². The molecule has 3 rings (SSSR count). The predicted molar refractivity (Wildman–Crippen MR) is 124 cm³/mol. The van der Waals surface area contributed by atoms with E-state index >= 15 is 0 Å². The third-order valence-corrected chi connectivity index (χ3v) is 7.95. The van der Waals surface area contributed by atoms with Crippen LogP contribution in [0.5, 0.6) is 0 Å². The fourth-order valence-corrected chi connectivity index (χ4v) is 6.27. The van der Waals surface area contributed by atoms with Crippen molar-refractivity contribution in [2.45, 2.75) is 110 Å². The van der Waals surface area contributed by atoms with Gasteiger partial charge in [0, 0.05) is 10.5 Å². The fraction of sp³-hybridized carbons (Fsp3) is 0.778. The standard InChI is InChI=1S/C27H44O3/c1-18(8-6-14-26(3,4)30)23-12-13-24-20(9-7-15-27(23,24)5)10-11-21-16-22(28)17-25(29)19(21)2/h10-11,18,22-25,28-30H,2,6-9,12-17H2,1,3-5H3/b20-10+,21-11-/t18-,22-,23+,24-,25-,27+/m0/s1/i5D3. The van der Waals surface area contributed by atoms with Crippen LogP contribution in [-0.4, -0.2) is 33.1 Å². The first-order valence-corrected chi connectivity index (χ1v) is 11.9. The number of hydrogen-bond acceptors (Lipinski definition) is 3. The first kappa shape index (κ1) is 19.8. The molecule has 3 nitrogen and oxygen atoms in total. The number of hydrogen-bond donors (Lipinski definition) is 3. The first-order chi connectivity index (χ1) is 15.3. The van der Waals surface area contributed by atoms with Crippen molar-refractivity contribution in [3.63, 3.8) is 0 Å². The van der Waals surface area contributed by atoms with Gasteiger partial charge in [0.2, 0.25) is 0 Å². The average molecular weight is 420 g/mol. The molecule has 0 aliphatic heterocycles. The molecular formula is C27H44O3. The van der Waals surface area contributed by atoms with E-state index in [9.17, 15) is 15.3 Å². The van der Waals surface area contributed by atoms with Gasteiger partial charge in [-0.2, -0.15) is 0 Å². The summed E-state index contributed by atoms with van der Waals surface area (Å²) in [6, 6.07) is 0. The highest BCUT2D eigenvalue weighted by Gasteiger charge is 2.50. The van der Waals surface area contributed by atoms with E-state index in [4.69, 9.17) is 4.11 Å². The molecule has 3 aliphatic carbocycles. The summed E-state index contributed by atoms with van der Waals surface area (Å²) in [4.78, 5) is 0. The molecule has 3 saturated carbocycles. The van der Waals surface area contributed by atoms with Crippen LogP contribution in [0.15, 0.2) is 35.5 Å². The monoisotopic (exact) mass is 419 g/mol. The van der Waals surface area contributed by atoms with Crippen molar-refractivity contribution in [1.82, 2.24) is 0 Å². The van der Waals surface area contributed by atoms with E-state index in [-0.39, 0.29) is 11.8 Å². The SMILES string of the molecule is [2H]C([2H])([2H])[C@]12CCC/C(=C\C=C3\C[C@H](O)C[C@H](O)C3=C)[C@@H]1CC[C@@H]2[C@@H](C)CCCC(C)(C)O. The Labute approximate surface area is 188 Å². The Morgan fingerprint density at radius 1 is 1.30 bits per heavy atom. The van der Waals surface area contributed by atoms with Crippen LogP contribution in [-0.2, 0) is 0 Å². The molecular weight excluding hydrogens is 372 g/mol. The minimum Gasteiger partial charge on any atom is -0.393 e. The minimum atomic E-state index is -2.02. The first-order valence-electron chi connectivity index (χ1n) is 13.4. The Kier molecular flexibility index (Phi) is 6.13. The van der Waals surface area contributed by atoms with Gasteiger partial charge in [-0.15, -0.1) is 0 Å². The summed E-state index contributed by atoms with van der Waals surface area (Å²) in [5.41, 5.74) is 1.37. The molecule has 3 aliphatic rings. The molecule has 3 N–H and O–H groups in total. The molecule has 0 aromatic heterocycles. The Morgan fingerprint density at radius 2 is 2.07 bits per heavy atom. The second-order valence-electron chi connectivity index (χ2n) is 10.9. The van der Waals surface area contributed by atoms with Crippen LogP contribution in [0.4, 0.5) is 0 Å². The molecule has 0 spiro atoms. The third-order valence-electron chi connectivity index (χ3n) is 7.95. The van der Waals surface area contributed by atoms with Crippen molar-refractivity contribution >= 4 is 0 Å². The highest BCUT2D eigenvalue weighted by molar-refractivity contribution is 5.38. The molecule has 0 saturated heterocycles. The van der Waals surface area contributed by atoms with Crippen molar-refractivity contribution in [1.29, 1.82) is 0 Å². The highest BCUT2D eigenvalue weighted by atomic mass is 16.3. The largest absolute Gasteiger partial charge is 0.393 e. The van der Waals surface area contributed by atoms with Gasteiger partial charge in [0.15, 0.2) is 0 Å². The quantitative estimate of drug-likeness (QED) is 0.517.